The Morgan fingerprint density at radius 2 is 1.65 bits per heavy atom. The van der Waals surface area contributed by atoms with Gasteiger partial charge in [0.2, 0.25) is 23.4 Å². The fraction of sp³-hybridized carbons (Fsp3) is 0.423. The Bertz CT molecular complexity index is 1330. The van der Waals surface area contributed by atoms with Crippen LogP contribution in [0.2, 0.25) is 0 Å². The van der Waals surface area contributed by atoms with E-state index in [1.807, 2.05) is 0 Å². The molecule has 2 atom stereocenters. The standard InChI is InChI=1S/C26H29F4N3O7/c1-6-18(33-9-7-8-16(25(33)38)31-13(2)34)24(37)32-17(11-20(36)40-26(3,4)5)19(35)12-39-23-21(29)14(27)10-15(28)22(23)30/h7-10,17-18H,6,11-12H2,1-5H3,(H,31,34)(H,32,37)/t17-,18?/m0/s1. The van der Waals surface area contributed by atoms with Gasteiger partial charge in [-0.1, -0.05) is 6.92 Å². The molecule has 0 aliphatic heterocycles. The average molecular weight is 572 g/mol. The number of rotatable bonds is 11. The first-order valence-corrected chi connectivity index (χ1v) is 12.0. The number of esters is 1. The summed E-state index contributed by atoms with van der Waals surface area (Å²) in [5.74, 6) is -12.3. The van der Waals surface area contributed by atoms with Gasteiger partial charge in [0.1, 0.15) is 30.0 Å². The molecule has 2 amide bonds. The van der Waals surface area contributed by atoms with Gasteiger partial charge in [0, 0.05) is 19.2 Å². The minimum Gasteiger partial charge on any atom is -0.479 e. The summed E-state index contributed by atoms with van der Waals surface area (Å²) >= 11 is 0. The summed E-state index contributed by atoms with van der Waals surface area (Å²) in [7, 11) is 0. The molecule has 0 saturated heterocycles. The molecule has 0 saturated carbocycles. The molecule has 2 N–H and O–H groups in total. The van der Waals surface area contributed by atoms with Gasteiger partial charge >= 0.3 is 5.97 Å². The lowest BCUT2D eigenvalue weighted by Crippen LogP contribution is -2.48. The summed E-state index contributed by atoms with van der Waals surface area (Å²) in [5, 5.41) is 4.64. The number of hydrogen-bond acceptors (Lipinski definition) is 7. The maximum atomic E-state index is 14.0. The molecule has 2 rings (SSSR count). The predicted octanol–water partition coefficient (Wildman–Crippen LogP) is 3.18. The second-order valence-electron chi connectivity index (χ2n) is 9.64. The molecule has 1 aromatic carbocycles. The Morgan fingerprint density at radius 1 is 1.05 bits per heavy atom. The number of ketones is 1. The lowest BCUT2D eigenvalue weighted by molar-refractivity contribution is -0.156. The van der Waals surface area contributed by atoms with E-state index in [2.05, 4.69) is 10.6 Å². The molecule has 2 aromatic rings. The van der Waals surface area contributed by atoms with Gasteiger partial charge in [-0.2, -0.15) is 8.78 Å². The first-order chi connectivity index (χ1) is 18.5. The van der Waals surface area contributed by atoms with Crippen molar-refractivity contribution in [2.24, 2.45) is 0 Å². The van der Waals surface area contributed by atoms with Crippen LogP contribution < -0.4 is 20.9 Å². The van der Waals surface area contributed by atoms with Crippen molar-refractivity contribution in [1.82, 2.24) is 9.88 Å². The number of Topliss-reactive ketones (excluding diaryl/α,β-unsaturated/α-hetero) is 1. The van der Waals surface area contributed by atoms with Gasteiger partial charge in [0.15, 0.2) is 23.2 Å². The highest BCUT2D eigenvalue weighted by atomic mass is 19.2. The number of anilines is 1. The van der Waals surface area contributed by atoms with Crippen LogP contribution in [0.25, 0.3) is 0 Å². The van der Waals surface area contributed by atoms with Crippen molar-refractivity contribution >= 4 is 29.3 Å². The number of aromatic nitrogens is 1. The topological polar surface area (TPSA) is 133 Å². The molecule has 1 heterocycles. The zero-order valence-corrected chi connectivity index (χ0v) is 22.4. The van der Waals surface area contributed by atoms with Crippen molar-refractivity contribution < 1.29 is 46.2 Å². The molecular weight excluding hydrogens is 542 g/mol. The predicted molar refractivity (Wildman–Crippen MR) is 134 cm³/mol. The number of carbonyl (C=O) groups is 4. The van der Waals surface area contributed by atoms with Crippen LogP contribution in [0.5, 0.6) is 5.75 Å². The van der Waals surface area contributed by atoms with Crippen LogP contribution in [-0.2, 0) is 23.9 Å². The van der Waals surface area contributed by atoms with Crippen LogP contribution >= 0.6 is 0 Å². The number of hydrogen-bond donors (Lipinski definition) is 2. The van der Waals surface area contributed by atoms with E-state index in [0.29, 0.717) is 0 Å². The lowest BCUT2D eigenvalue weighted by atomic mass is 10.1. The third-order valence-corrected chi connectivity index (χ3v) is 5.24. The summed E-state index contributed by atoms with van der Waals surface area (Å²) in [5.41, 5.74) is -1.81. The van der Waals surface area contributed by atoms with Crippen LogP contribution in [0.3, 0.4) is 0 Å². The highest BCUT2D eigenvalue weighted by Gasteiger charge is 2.31. The molecular formula is C26H29F4N3O7. The Balaban J connectivity index is 2.34. The Morgan fingerprint density at radius 3 is 2.17 bits per heavy atom. The van der Waals surface area contributed by atoms with E-state index in [0.717, 1.165) is 4.57 Å². The first kappa shape index (κ1) is 32.0. The van der Waals surface area contributed by atoms with E-state index in [1.165, 1.54) is 25.3 Å². The second-order valence-corrected chi connectivity index (χ2v) is 9.64. The summed E-state index contributed by atoms with van der Waals surface area (Å²) in [6.45, 7) is 6.20. The average Bonchev–Trinajstić information content (AvgIpc) is 2.83. The number of halogens is 4. The molecule has 10 nitrogen and oxygen atoms in total. The minimum atomic E-state index is -1.89. The summed E-state index contributed by atoms with van der Waals surface area (Å²) in [6, 6.07) is -0.220. The largest absolute Gasteiger partial charge is 0.479 e. The van der Waals surface area contributed by atoms with Crippen molar-refractivity contribution in [3.8, 4) is 5.75 Å². The molecule has 0 spiro atoms. The van der Waals surface area contributed by atoms with Gasteiger partial charge in [-0.05, 0) is 39.3 Å². The van der Waals surface area contributed by atoms with Crippen molar-refractivity contribution in [3.63, 3.8) is 0 Å². The summed E-state index contributed by atoms with van der Waals surface area (Å²) < 4.78 is 65.8. The molecule has 218 valence electrons. The van der Waals surface area contributed by atoms with Crippen molar-refractivity contribution in [2.45, 2.75) is 65.1 Å². The van der Waals surface area contributed by atoms with Gasteiger partial charge in [0.05, 0.1) is 6.42 Å². The molecule has 0 fully saturated rings. The Labute approximate surface area is 226 Å². The van der Waals surface area contributed by atoms with E-state index in [4.69, 9.17) is 9.47 Å². The number of nitrogens with zero attached hydrogens (tertiary/aromatic N) is 1. The number of amides is 2. The smallest absolute Gasteiger partial charge is 0.308 e. The number of carbonyl (C=O) groups excluding carboxylic acids is 4. The molecule has 0 radical (unpaired) electrons. The quantitative estimate of drug-likeness (QED) is 0.241. The van der Waals surface area contributed by atoms with Crippen LogP contribution in [0, 0.1) is 23.3 Å². The normalized spacial score (nSPS) is 12.7. The zero-order valence-electron chi connectivity index (χ0n) is 22.4. The third-order valence-electron chi connectivity index (χ3n) is 5.24. The molecule has 40 heavy (non-hydrogen) atoms. The third kappa shape index (κ3) is 8.38. The van der Waals surface area contributed by atoms with E-state index in [1.54, 1.807) is 27.7 Å². The first-order valence-electron chi connectivity index (χ1n) is 12.0. The highest BCUT2D eigenvalue weighted by Crippen LogP contribution is 2.26. The SMILES string of the molecule is CCC(C(=O)N[C@@H](CC(=O)OC(C)(C)C)C(=O)COc1c(F)c(F)cc(F)c1F)n1cccc(NC(C)=O)c1=O. The maximum absolute atomic E-state index is 14.0. The molecule has 14 heteroatoms. The highest BCUT2D eigenvalue weighted by molar-refractivity contribution is 5.94. The fourth-order valence-corrected chi connectivity index (χ4v) is 3.53. The van der Waals surface area contributed by atoms with Crippen LogP contribution in [-0.4, -0.2) is 46.4 Å². The maximum Gasteiger partial charge on any atom is 0.308 e. The van der Waals surface area contributed by atoms with Crippen LogP contribution in [0.1, 0.15) is 53.5 Å². The molecule has 1 unspecified atom stereocenters. The van der Waals surface area contributed by atoms with Gasteiger partial charge in [0.25, 0.3) is 5.56 Å². The Kier molecular flexibility index (Phi) is 10.6. The minimum absolute atomic E-state index is 0.0259. The summed E-state index contributed by atoms with van der Waals surface area (Å²) in [4.78, 5) is 62.8. The van der Waals surface area contributed by atoms with Crippen LogP contribution in [0.4, 0.5) is 23.2 Å². The molecule has 0 bridgehead atoms. The van der Waals surface area contributed by atoms with Crippen molar-refractivity contribution in [2.75, 3.05) is 11.9 Å². The number of pyridine rings is 1. The number of benzene rings is 1. The zero-order chi connectivity index (χ0) is 30.4. The fourth-order valence-electron chi connectivity index (χ4n) is 3.53. The van der Waals surface area contributed by atoms with Gasteiger partial charge in [-0.3, -0.25) is 24.0 Å². The Hall–Kier alpha value is -4.23. The van der Waals surface area contributed by atoms with E-state index in [9.17, 15) is 41.5 Å². The van der Waals surface area contributed by atoms with Crippen molar-refractivity contribution in [1.29, 1.82) is 0 Å². The van der Waals surface area contributed by atoms with E-state index >= 15 is 0 Å². The van der Waals surface area contributed by atoms with E-state index in [-0.39, 0.29) is 18.2 Å². The van der Waals surface area contributed by atoms with Crippen LogP contribution in [0.15, 0.2) is 29.2 Å². The van der Waals surface area contributed by atoms with Gasteiger partial charge in [-0.15, -0.1) is 0 Å². The number of nitrogens with one attached hydrogen (secondary N) is 2. The van der Waals surface area contributed by atoms with E-state index < -0.39 is 88.9 Å². The van der Waals surface area contributed by atoms with Gasteiger partial charge in [-0.25, -0.2) is 8.78 Å². The van der Waals surface area contributed by atoms with Crippen molar-refractivity contribution in [3.05, 3.63) is 58.0 Å². The molecule has 0 aliphatic carbocycles. The monoisotopic (exact) mass is 571 g/mol. The molecule has 1 aromatic heterocycles. The summed E-state index contributed by atoms with van der Waals surface area (Å²) in [6.07, 6.45) is 0.558. The second kappa shape index (κ2) is 13.2. The number of ether oxygens (including phenoxy) is 2. The van der Waals surface area contributed by atoms with Gasteiger partial charge < -0.3 is 24.7 Å². The lowest BCUT2D eigenvalue weighted by Gasteiger charge is -2.25. The molecule has 0 aliphatic rings.